The number of hydrogen-bond acceptors (Lipinski definition) is 13. The summed E-state index contributed by atoms with van der Waals surface area (Å²) in [6, 6.07) is 0. The highest BCUT2D eigenvalue weighted by molar-refractivity contribution is 6.94. The Balaban J connectivity index is 5.61. The monoisotopic (exact) mass is 1020 g/mol. The van der Waals surface area contributed by atoms with Crippen LogP contribution in [0.1, 0.15) is 0 Å². The molecule has 0 amide bonds. The topological polar surface area (TPSA) is 120 Å². The summed E-state index contributed by atoms with van der Waals surface area (Å²) in [5, 5.41) is 0. The Kier molecular flexibility index (Phi) is 20.8. The maximum atomic E-state index is 6.83. The van der Waals surface area contributed by atoms with Crippen molar-refractivity contribution >= 4 is 121 Å². The predicted octanol–water partition coefficient (Wildman–Crippen LogP) is 9.59. The van der Waals surface area contributed by atoms with Gasteiger partial charge in [-0.3, -0.25) is 0 Å². The molecule has 0 saturated carbocycles. The van der Waals surface area contributed by atoms with Crippen LogP contribution in [-0.2, 0) is 53.5 Å². The fourth-order valence-electron chi connectivity index (χ4n) is 7.90. The molecule has 0 atom stereocenters. The van der Waals surface area contributed by atoms with Gasteiger partial charge in [0, 0.05) is 0 Å². The Morgan fingerprint density at radius 1 is 0.182 bits per heavy atom. The Hall–Kier alpha value is 2.52. The van der Waals surface area contributed by atoms with Crippen LogP contribution in [0.25, 0.3) is 0 Å². The molecule has 0 aliphatic heterocycles. The summed E-state index contributed by atoms with van der Waals surface area (Å²) in [4.78, 5) is 0. The van der Waals surface area contributed by atoms with Gasteiger partial charge in [0.25, 0.3) is 0 Å². The third-order valence-electron chi connectivity index (χ3n) is 6.45. The van der Waals surface area contributed by atoms with Gasteiger partial charge in [-0.2, -0.15) is 0 Å². The highest BCUT2D eigenvalue weighted by atomic mass is 28.5. The molecule has 0 saturated heterocycles. The van der Waals surface area contributed by atoms with Gasteiger partial charge in [0.15, 0.2) is 18.1 Å². The Morgan fingerprint density at radius 2 is 0.273 bits per heavy atom. The van der Waals surface area contributed by atoms with E-state index in [1.54, 1.807) is 0 Å². The van der Waals surface area contributed by atoms with Crippen LogP contribution in [0.5, 0.6) is 0 Å². The van der Waals surface area contributed by atoms with E-state index < -0.39 is 121 Å². The molecule has 13 nitrogen and oxygen atoms in total. The fraction of sp³-hybridized carbons (Fsp3) is 1.00. The Labute approximate surface area is 355 Å². The molecule has 0 aliphatic carbocycles. The maximum Gasteiger partial charge on any atom is 0.314 e. The molecule has 0 heterocycles. The van der Waals surface area contributed by atoms with E-state index in [1.807, 2.05) is 0 Å². The van der Waals surface area contributed by atoms with Crippen LogP contribution in [0, 0.1) is 0 Å². The third kappa shape index (κ3) is 27.2. The fourth-order valence-corrected chi connectivity index (χ4v) is 75.7. The minimum absolute atomic E-state index is 1.24. The zero-order valence-electron chi connectivity index (χ0n) is 40.5. The summed E-state index contributed by atoms with van der Waals surface area (Å²) in [6.45, 7) is 58.5. The van der Waals surface area contributed by atoms with Crippen molar-refractivity contribution in [1.29, 1.82) is 0 Å². The van der Waals surface area contributed by atoms with Crippen molar-refractivity contribution in [3.8, 4) is 0 Å². The summed E-state index contributed by atoms with van der Waals surface area (Å²) >= 11 is 0. The van der Waals surface area contributed by atoms with Crippen LogP contribution in [0.4, 0.5) is 0 Å². The second-order valence-corrected chi connectivity index (χ2v) is 68.9. The summed E-state index contributed by atoms with van der Waals surface area (Å²) in [5.41, 5.74) is 0. The van der Waals surface area contributed by atoms with E-state index in [0.29, 0.717) is 0 Å². The van der Waals surface area contributed by atoms with E-state index in [0.717, 1.165) is 0 Å². The lowest BCUT2D eigenvalue weighted by Gasteiger charge is -2.45. The molecule has 0 spiro atoms. The first kappa shape index (κ1) is 57.5. The number of rotatable bonds is 26. The lowest BCUT2D eigenvalue weighted by molar-refractivity contribution is 0.252. The van der Waals surface area contributed by atoms with Gasteiger partial charge in [-0.1, -0.05) is 0 Å². The van der Waals surface area contributed by atoms with Crippen molar-refractivity contribution in [2.24, 2.45) is 0 Å². The van der Waals surface area contributed by atoms with Gasteiger partial charge in [-0.15, -0.1) is 0 Å². The zero-order valence-corrected chi connectivity index (χ0v) is 54.8. The smallest absolute Gasteiger partial charge is 0.314 e. The largest absolute Gasteiger partial charge is 0.440 e. The summed E-state index contributed by atoms with van der Waals surface area (Å²) in [7, 11) is -33.8. The standard InChI is InChI=1S/C28H86O13Si14/c1-42(2)29-44(5,6)31-46(9,10)33-48(13,14)35-50(17,18)37-52(21,22)39-54(25,26)41-55(27,28)40-53(23,24)38-51(19,20)36-49(15,16)34-47(11,12)32-45(7,8)30-43(3)4/h42-43H,1-28H3. The van der Waals surface area contributed by atoms with Crippen LogP contribution in [0.3, 0.4) is 0 Å². The average molecular weight is 1020 g/mol. The van der Waals surface area contributed by atoms with Gasteiger partial charge in [-0.25, -0.2) is 0 Å². The van der Waals surface area contributed by atoms with E-state index in [-0.39, 0.29) is 0 Å². The van der Waals surface area contributed by atoms with E-state index in [2.05, 4.69) is 183 Å². The molecule has 0 N–H and O–H groups in total. The normalized spacial score (nSPS) is 15.8. The minimum Gasteiger partial charge on any atom is -0.440 e. The first-order valence-corrected chi connectivity index (χ1v) is 59.0. The molecule has 0 radical (unpaired) electrons. The van der Waals surface area contributed by atoms with Crippen molar-refractivity contribution in [2.75, 3.05) is 0 Å². The molecular formula is C28H86O13Si14. The number of hydrogen-bond donors (Lipinski definition) is 0. The van der Waals surface area contributed by atoms with Crippen molar-refractivity contribution in [3.05, 3.63) is 0 Å². The van der Waals surface area contributed by atoms with Crippen LogP contribution < -0.4 is 0 Å². The lowest BCUT2D eigenvalue weighted by atomic mass is 11.9. The quantitative estimate of drug-likeness (QED) is 0.0766. The molecule has 0 aromatic heterocycles. The molecule has 0 unspecified atom stereocenters. The highest BCUT2D eigenvalue weighted by Crippen LogP contribution is 2.32. The molecule has 27 heteroatoms. The highest BCUT2D eigenvalue weighted by Gasteiger charge is 2.52. The van der Waals surface area contributed by atoms with E-state index in [1.165, 1.54) is 0 Å². The zero-order chi connectivity index (χ0) is 44.3. The van der Waals surface area contributed by atoms with E-state index in [9.17, 15) is 0 Å². The first-order valence-electron chi connectivity index (χ1n) is 19.7. The second kappa shape index (κ2) is 19.9. The van der Waals surface area contributed by atoms with E-state index in [4.69, 9.17) is 53.5 Å². The molecule has 0 aromatic carbocycles. The second-order valence-electron chi connectivity index (χ2n) is 20.3. The summed E-state index contributed by atoms with van der Waals surface area (Å²) < 4.78 is 86.7. The van der Waals surface area contributed by atoms with Gasteiger partial charge >= 0.3 is 103 Å². The van der Waals surface area contributed by atoms with Crippen LogP contribution in [-0.4, -0.2) is 121 Å². The average Bonchev–Trinajstić information content (AvgIpc) is 2.65. The van der Waals surface area contributed by atoms with Gasteiger partial charge < -0.3 is 53.5 Å². The minimum atomic E-state index is -2.74. The van der Waals surface area contributed by atoms with Gasteiger partial charge in [0.1, 0.15) is 0 Å². The van der Waals surface area contributed by atoms with Crippen LogP contribution >= 0.6 is 0 Å². The molecule has 0 aliphatic rings. The molecule has 0 rings (SSSR count). The summed E-state index contributed by atoms with van der Waals surface area (Å²) in [5.74, 6) is 0. The Bertz CT molecular complexity index is 1120. The van der Waals surface area contributed by atoms with Crippen LogP contribution in [0.2, 0.25) is 183 Å². The van der Waals surface area contributed by atoms with Crippen molar-refractivity contribution in [1.82, 2.24) is 0 Å². The molecule has 55 heavy (non-hydrogen) atoms. The van der Waals surface area contributed by atoms with Gasteiger partial charge in [0.2, 0.25) is 0 Å². The molecule has 0 fully saturated rings. The summed E-state index contributed by atoms with van der Waals surface area (Å²) in [6.07, 6.45) is 0. The van der Waals surface area contributed by atoms with Crippen molar-refractivity contribution < 1.29 is 53.5 Å². The predicted molar refractivity (Wildman–Crippen MR) is 262 cm³/mol. The lowest BCUT2D eigenvalue weighted by Crippen LogP contribution is -2.62. The molecule has 0 aromatic rings. The van der Waals surface area contributed by atoms with E-state index >= 15 is 0 Å². The Morgan fingerprint density at radius 3 is 0.364 bits per heavy atom. The van der Waals surface area contributed by atoms with Crippen molar-refractivity contribution in [3.63, 3.8) is 0 Å². The van der Waals surface area contributed by atoms with Crippen molar-refractivity contribution in [2.45, 2.75) is 183 Å². The molecule has 332 valence electrons. The molecule has 0 bridgehead atoms. The van der Waals surface area contributed by atoms with Gasteiger partial charge in [0.05, 0.1) is 0 Å². The van der Waals surface area contributed by atoms with Crippen LogP contribution in [0.15, 0.2) is 0 Å². The SMILES string of the molecule is C[SiH](C)O[Si](C)(C)O[Si](C)(C)O[Si](C)(C)O[Si](C)(C)O[Si](C)(C)O[Si](C)(C)O[Si](C)(C)O[Si](C)(C)O[Si](C)(C)O[Si](C)(C)O[Si](C)(C)O[Si](C)(C)O[SiH](C)C. The first-order chi connectivity index (χ1) is 23.6. The molecular weight excluding hydrogens is 937 g/mol. The third-order valence-corrected chi connectivity index (χ3v) is 58.0. The van der Waals surface area contributed by atoms with Gasteiger partial charge in [-0.05, 0) is 183 Å². The maximum absolute atomic E-state index is 6.83.